The van der Waals surface area contributed by atoms with Gasteiger partial charge in [-0.15, -0.1) is 0 Å². The summed E-state index contributed by atoms with van der Waals surface area (Å²) in [6, 6.07) is 0. The molecule has 0 saturated heterocycles. The standard InChI is InChI=1S/C20H37N/c1-15(2)18-13-12-17(14-20(4,5)6)10-9-11-19(18)16(3)21(7)8/h17-18H,1,9-14H2,2-8H3/b19-16-. The van der Waals surface area contributed by atoms with Gasteiger partial charge in [-0.25, -0.2) is 0 Å². The first-order chi connectivity index (χ1) is 9.61. The summed E-state index contributed by atoms with van der Waals surface area (Å²) in [7, 11) is 4.33. The molecule has 0 bridgehead atoms. The second-order valence-electron chi connectivity index (χ2n) is 8.50. The van der Waals surface area contributed by atoms with Gasteiger partial charge < -0.3 is 4.90 Å². The van der Waals surface area contributed by atoms with Gasteiger partial charge in [-0.2, -0.15) is 0 Å². The Labute approximate surface area is 133 Å². The lowest BCUT2D eigenvalue weighted by molar-refractivity contribution is 0.250. The lowest BCUT2D eigenvalue weighted by atomic mass is 9.74. The summed E-state index contributed by atoms with van der Waals surface area (Å²) < 4.78 is 0. The fourth-order valence-electron chi connectivity index (χ4n) is 3.81. The van der Waals surface area contributed by atoms with E-state index in [1.165, 1.54) is 49.8 Å². The Morgan fingerprint density at radius 1 is 1.14 bits per heavy atom. The van der Waals surface area contributed by atoms with Crippen LogP contribution in [0.5, 0.6) is 0 Å². The molecule has 1 heteroatoms. The maximum absolute atomic E-state index is 4.29. The molecule has 21 heavy (non-hydrogen) atoms. The summed E-state index contributed by atoms with van der Waals surface area (Å²) in [6.07, 6.45) is 7.99. The highest BCUT2D eigenvalue weighted by Crippen LogP contribution is 2.39. The van der Waals surface area contributed by atoms with Gasteiger partial charge in [0.15, 0.2) is 0 Å². The average Bonchev–Trinajstić information content (AvgIpc) is 2.29. The zero-order valence-electron chi connectivity index (χ0n) is 15.6. The van der Waals surface area contributed by atoms with Crippen molar-refractivity contribution in [3.63, 3.8) is 0 Å². The molecule has 1 aliphatic rings. The first kappa shape index (κ1) is 18.3. The Hall–Kier alpha value is -0.720. The van der Waals surface area contributed by atoms with E-state index in [9.17, 15) is 0 Å². The van der Waals surface area contributed by atoms with Gasteiger partial charge in [-0.3, -0.25) is 0 Å². The minimum Gasteiger partial charge on any atom is -0.381 e. The third-order valence-corrected chi connectivity index (χ3v) is 4.97. The lowest BCUT2D eigenvalue weighted by Gasteiger charge is -2.33. The van der Waals surface area contributed by atoms with E-state index in [1.54, 1.807) is 5.57 Å². The summed E-state index contributed by atoms with van der Waals surface area (Å²) in [5, 5.41) is 0. The van der Waals surface area contributed by atoms with Crippen molar-refractivity contribution in [1.29, 1.82) is 0 Å². The van der Waals surface area contributed by atoms with E-state index < -0.39 is 0 Å². The molecule has 0 spiro atoms. The van der Waals surface area contributed by atoms with Gasteiger partial charge in [0.25, 0.3) is 0 Å². The molecule has 1 fully saturated rings. The predicted octanol–water partition coefficient (Wildman–Crippen LogP) is 6.03. The largest absolute Gasteiger partial charge is 0.381 e. The second kappa shape index (κ2) is 7.51. The van der Waals surface area contributed by atoms with Gasteiger partial charge in [0.2, 0.25) is 0 Å². The molecule has 2 unspecified atom stereocenters. The fraction of sp³-hybridized carbons (Fsp3) is 0.800. The molecular formula is C20H37N. The SMILES string of the molecule is C=C(C)C1CCC(CC(C)(C)C)CCC/C1=C(\C)N(C)C. The molecular weight excluding hydrogens is 254 g/mol. The Balaban J connectivity index is 2.88. The maximum atomic E-state index is 4.29. The summed E-state index contributed by atoms with van der Waals surface area (Å²) >= 11 is 0. The normalized spacial score (nSPS) is 26.8. The second-order valence-corrected chi connectivity index (χ2v) is 8.50. The summed E-state index contributed by atoms with van der Waals surface area (Å²) in [5.41, 5.74) is 4.91. The van der Waals surface area contributed by atoms with Gasteiger partial charge >= 0.3 is 0 Å². The van der Waals surface area contributed by atoms with Crippen LogP contribution < -0.4 is 0 Å². The van der Waals surface area contributed by atoms with Crippen molar-refractivity contribution in [3.05, 3.63) is 23.4 Å². The highest BCUT2D eigenvalue weighted by molar-refractivity contribution is 5.22. The third-order valence-electron chi connectivity index (χ3n) is 4.97. The van der Waals surface area contributed by atoms with Crippen molar-refractivity contribution in [1.82, 2.24) is 4.90 Å². The molecule has 0 N–H and O–H groups in total. The monoisotopic (exact) mass is 291 g/mol. The molecule has 0 aromatic heterocycles. The lowest BCUT2D eigenvalue weighted by Crippen LogP contribution is -2.21. The molecule has 0 amide bonds. The molecule has 122 valence electrons. The van der Waals surface area contributed by atoms with Crippen LogP contribution in [0.25, 0.3) is 0 Å². The average molecular weight is 292 g/mol. The first-order valence-corrected chi connectivity index (χ1v) is 8.64. The van der Waals surface area contributed by atoms with Crippen LogP contribution in [0.15, 0.2) is 23.4 Å². The van der Waals surface area contributed by atoms with Gasteiger partial charge in [-0.05, 0) is 62.9 Å². The van der Waals surface area contributed by atoms with Gasteiger partial charge in [0.05, 0.1) is 0 Å². The van der Waals surface area contributed by atoms with Crippen LogP contribution in [-0.4, -0.2) is 19.0 Å². The summed E-state index contributed by atoms with van der Waals surface area (Å²) in [4.78, 5) is 2.28. The zero-order chi connectivity index (χ0) is 16.2. The fourth-order valence-corrected chi connectivity index (χ4v) is 3.81. The van der Waals surface area contributed by atoms with E-state index >= 15 is 0 Å². The zero-order valence-corrected chi connectivity index (χ0v) is 15.6. The maximum Gasteiger partial charge on any atom is 0.00938 e. The van der Waals surface area contributed by atoms with Crippen molar-refractivity contribution in [2.75, 3.05) is 14.1 Å². The highest BCUT2D eigenvalue weighted by Gasteiger charge is 2.25. The molecule has 1 aliphatic carbocycles. The number of allylic oxidation sites excluding steroid dienone is 3. The van der Waals surface area contributed by atoms with Crippen LogP contribution in [-0.2, 0) is 0 Å². The molecule has 1 rings (SSSR count). The topological polar surface area (TPSA) is 3.24 Å². The summed E-state index contributed by atoms with van der Waals surface area (Å²) in [5.74, 6) is 1.49. The van der Waals surface area contributed by atoms with Crippen molar-refractivity contribution in [2.24, 2.45) is 17.3 Å². The molecule has 0 heterocycles. The Morgan fingerprint density at radius 3 is 2.24 bits per heavy atom. The number of hydrogen-bond donors (Lipinski definition) is 0. The minimum absolute atomic E-state index is 0.459. The van der Waals surface area contributed by atoms with E-state index in [1.807, 2.05) is 0 Å². The predicted molar refractivity (Wildman–Crippen MR) is 95.3 cm³/mol. The van der Waals surface area contributed by atoms with Crippen molar-refractivity contribution in [3.8, 4) is 0 Å². The first-order valence-electron chi connectivity index (χ1n) is 8.64. The van der Waals surface area contributed by atoms with E-state index in [4.69, 9.17) is 0 Å². The number of hydrogen-bond acceptors (Lipinski definition) is 1. The molecule has 2 atom stereocenters. The Bertz CT molecular complexity index is 381. The van der Waals surface area contributed by atoms with E-state index in [0.29, 0.717) is 11.3 Å². The van der Waals surface area contributed by atoms with E-state index in [-0.39, 0.29) is 0 Å². The van der Waals surface area contributed by atoms with Crippen LogP contribution in [0.2, 0.25) is 0 Å². The quantitative estimate of drug-likeness (QED) is 0.574. The Kier molecular flexibility index (Phi) is 6.56. The highest BCUT2D eigenvalue weighted by atomic mass is 15.1. The van der Waals surface area contributed by atoms with Crippen LogP contribution in [0, 0.1) is 17.3 Å². The number of rotatable bonds is 3. The van der Waals surface area contributed by atoms with Crippen LogP contribution in [0.1, 0.15) is 73.1 Å². The van der Waals surface area contributed by atoms with Crippen LogP contribution in [0.4, 0.5) is 0 Å². The van der Waals surface area contributed by atoms with Gasteiger partial charge in [0, 0.05) is 25.7 Å². The molecule has 1 nitrogen and oxygen atoms in total. The Morgan fingerprint density at radius 2 is 1.76 bits per heavy atom. The van der Waals surface area contributed by atoms with E-state index in [2.05, 4.69) is 60.2 Å². The molecule has 1 saturated carbocycles. The molecule has 0 radical (unpaired) electrons. The van der Waals surface area contributed by atoms with Gasteiger partial charge in [-0.1, -0.05) is 39.3 Å². The number of nitrogens with zero attached hydrogens (tertiary/aromatic N) is 1. The van der Waals surface area contributed by atoms with Crippen LogP contribution >= 0.6 is 0 Å². The van der Waals surface area contributed by atoms with Crippen molar-refractivity contribution >= 4 is 0 Å². The van der Waals surface area contributed by atoms with Crippen molar-refractivity contribution < 1.29 is 0 Å². The minimum atomic E-state index is 0.459. The van der Waals surface area contributed by atoms with Crippen LogP contribution in [0.3, 0.4) is 0 Å². The molecule has 0 aromatic carbocycles. The van der Waals surface area contributed by atoms with E-state index in [0.717, 1.165) is 5.92 Å². The molecule has 0 aromatic rings. The van der Waals surface area contributed by atoms with Crippen molar-refractivity contribution in [2.45, 2.75) is 73.1 Å². The molecule has 0 aliphatic heterocycles. The van der Waals surface area contributed by atoms with Gasteiger partial charge in [0.1, 0.15) is 0 Å². The summed E-state index contributed by atoms with van der Waals surface area (Å²) in [6.45, 7) is 15.9. The smallest absolute Gasteiger partial charge is 0.00938 e. The third kappa shape index (κ3) is 5.88.